The van der Waals surface area contributed by atoms with E-state index in [0.29, 0.717) is 12.2 Å². The van der Waals surface area contributed by atoms with Crippen molar-refractivity contribution in [3.63, 3.8) is 0 Å². The number of hydrogen-bond acceptors (Lipinski definition) is 5. The second-order valence-corrected chi connectivity index (χ2v) is 6.39. The zero-order valence-corrected chi connectivity index (χ0v) is 14.3. The molecule has 0 heterocycles. The first kappa shape index (κ1) is 18.6. The Morgan fingerprint density at radius 2 is 1.62 bits per heavy atom. The minimum absolute atomic E-state index is 0.212. The van der Waals surface area contributed by atoms with Crippen LogP contribution in [-0.2, 0) is 36.9 Å². The summed E-state index contributed by atoms with van der Waals surface area (Å²) in [5, 5.41) is 0. The van der Waals surface area contributed by atoms with Gasteiger partial charge in [-0.15, -0.1) is 0 Å². The number of hydrogen-bond donors (Lipinski definition) is 1. The Kier molecular flexibility index (Phi) is 6.09. The molecule has 24 heavy (non-hydrogen) atoms. The predicted octanol–water partition coefficient (Wildman–Crippen LogP) is 2.94. The maximum atomic E-state index is 11.2. The largest absolute Gasteiger partial charge is 0.327 e. The van der Waals surface area contributed by atoms with Gasteiger partial charge in [-0.05, 0) is 36.8 Å². The molecule has 0 aliphatic carbocycles. The van der Waals surface area contributed by atoms with Crippen LogP contribution in [0.2, 0.25) is 0 Å². The van der Waals surface area contributed by atoms with Gasteiger partial charge >= 0.3 is 5.97 Å². The molecule has 0 radical (unpaired) electrons. The van der Waals surface area contributed by atoms with Crippen LogP contribution >= 0.6 is 0 Å². The molecular weight excluding hydrogens is 332 g/mol. The topological polar surface area (TPSA) is 82.1 Å². The monoisotopic (exact) mass is 352 g/mol. The molecule has 2 aromatic rings. The van der Waals surface area contributed by atoms with E-state index in [9.17, 15) is 8.42 Å². The van der Waals surface area contributed by atoms with E-state index in [4.69, 9.17) is 18.8 Å². The molecule has 1 unspecified atom stereocenters. The van der Waals surface area contributed by atoms with Gasteiger partial charge in [0.05, 0.1) is 11.5 Å². The van der Waals surface area contributed by atoms with Crippen LogP contribution in [0.25, 0.3) is 0 Å². The van der Waals surface area contributed by atoms with Gasteiger partial charge in [0.15, 0.2) is 0 Å². The van der Waals surface area contributed by atoms with Crippen molar-refractivity contribution >= 4 is 10.1 Å². The van der Waals surface area contributed by atoms with Gasteiger partial charge in [0.1, 0.15) is 0 Å². The first-order valence-corrected chi connectivity index (χ1v) is 8.80. The second-order valence-electron chi connectivity index (χ2n) is 4.97. The maximum absolute atomic E-state index is 11.2. The van der Waals surface area contributed by atoms with Gasteiger partial charge in [-0.1, -0.05) is 30.3 Å². The molecule has 0 aliphatic rings. The number of methoxy groups -OCH3 is 1. The highest BCUT2D eigenvalue weighted by Crippen LogP contribution is 2.30. The second kappa shape index (κ2) is 7.87. The van der Waals surface area contributed by atoms with Crippen molar-refractivity contribution in [2.75, 3.05) is 13.7 Å². The van der Waals surface area contributed by atoms with Crippen molar-refractivity contribution < 1.29 is 27.2 Å². The van der Waals surface area contributed by atoms with E-state index < -0.39 is 16.1 Å². The van der Waals surface area contributed by atoms with Crippen molar-refractivity contribution in [2.45, 2.75) is 24.4 Å². The smallest absolute Gasteiger partial charge is 0.312 e. The van der Waals surface area contributed by atoms with E-state index >= 15 is 0 Å². The van der Waals surface area contributed by atoms with Crippen LogP contribution in [0.4, 0.5) is 0 Å². The predicted molar refractivity (Wildman–Crippen MR) is 87.8 cm³/mol. The SMILES string of the molecule is CCOC(OC)(OCc1ccccc1)c1ccc(S(=O)(=O)O)cc1. The van der Waals surface area contributed by atoms with E-state index in [2.05, 4.69) is 0 Å². The molecular formula is C17H20O6S. The molecule has 0 saturated carbocycles. The minimum Gasteiger partial charge on any atom is -0.327 e. The maximum Gasteiger partial charge on any atom is 0.312 e. The molecule has 0 amide bonds. The molecule has 0 spiro atoms. The highest BCUT2D eigenvalue weighted by Gasteiger charge is 2.35. The van der Waals surface area contributed by atoms with Crippen molar-refractivity contribution in [2.24, 2.45) is 0 Å². The van der Waals surface area contributed by atoms with Crippen molar-refractivity contribution in [3.8, 4) is 0 Å². The lowest BCUT2D eigenvalue weighted by Gasteiger charge is -2.32. The van der Waals surface area contributed by atoms with Crippen LogP contribution in [0.15, 0.2) is 59.5 Å². The Balaban J connectivity index is 2.29. The zero-order chi connectivity index (χ0) is 17.6. The van der Waals surface area contributed by atoms with Crippen molar-refractivity contribution in [1.82, 2.24) is 0 Å². The molecule has 2 aromatic carbocycles. The molecule has 2 rings (SSSR count). The van der Waals surface area contributed by atoms with Crippen LogP contribution < -0.4 is 0 Å². The molecule has 0 aliphatic heterocycles. The lowest BCUT2D eigenvalue weighted by atomic mass is 10.2. The number of rotatable bonds is 8. The summed E-state index contributed by atoms with van der Waals surface area (Å²) >= 11 is 0. The molecule has 0 bridgehead atoms. The van der Waals surface area contributed by atoms with Crippen LogP contribution in [0.3, 0.4) is 0 Å². The van der Waals surface area contributed by atoms with E-state index in [-0.39, 0.29) is 11.5 Å². The van der Waals surface area contributed by atoms with Crippen LogP contribution in [0.1, 0.15) is 18.1 Å². The van der Waals surface area contributed by atoms with Gasteiger partial charge < -0.3 is 14.2 Å². The Bertz CT molecular complexity index is 742. The van der Waals surface area contributed by atoms with Crippen LogP contribution in [-0.4, -0.2) is 26.7 Å². The van der Waals surface area contributed by atoms with E-state index in [1.165, 1.54) is 31.4 Å². The average Bonchev–Trinajstić information content (AvgIpc) is 2.59. The normalized spacial score (nSPS) is 14.3. The fourth-order valence-electron chi connectivity index (χ4n) is 2.22. The molecule has 0 saturated heterocycles. The average molecular weight is 352 g/mol. The van der Waals surface area contributed by atoms with Crippen LogP contribution in [0, 0.1) is 0 Å². The molecule has 6 nitrogen and oxygen atoms in total. The van der Waals surface area contributed by atoms with Crippen LogP contribution in [0.5, 0.6) is 0 Å². The fourth-order valence-corrected chi connectivity index (χ4v) is 2.70. The summed E-state index contributed by atoms with van der Waals surface area (Å²) in [6.45, 7) is 2.36. The highest BCUT2D eigenvalue weighted by atomic mass is 32.2. The first-order chi connectivity index (χ1) is 11.4. The third kappa shape index (κ3) is 4.40. The number of benzene rings is 2. The third-order valence-electron chi connectivity index (χ3n) is 3.38. The van der Waals surface area contributed by atoms with E-state index in [1.807, 2.05) is 30.3 Å². The zero-order valence-electron chi connectivity index (χ0n) is 13.5. The molecule has 7 heteroatoms. The minimum atomic E-state index is -4.26. The first-order valence-electron chi connectivity index (χ1n) is 7.36. The fraction of sp³-hybridized carbons (Fsp3) is 0.294. The molecule has 0 fully saturated rings. The summed E-state index contributed by atoms with van der Waals surface area (Å²) in [4.78, 5) is -0.212. The van der Waals surface area contributed by atoms with Crippen molar-refractivity contribution in [3.05, 3.63) is 65.7 Å². The standard InChI is InChI=1S/C17H20O6S/c1-3-22-17(21-2,23-13-14-7-5-4-6-8-14)15-9-11-16(12-10-15)24(18,19)20/h4-12H,3,13H2,1-2H3,(H,18,19,20). The quantitative estimate of drug-likeness (QED) is 0.581. The summed E-state index contributed by atoms with van der Waals surface area (Å²) in [6, 6.07) is 15.0. The highest BCUT2D eigenvalue weighted by molar-refractivity contribution is 7.85. The van der Waals surface area contributed by atoms with Gasteiger partial charge in [-0.25, -0.2) is 0 Å². The summed E-state index contributed by atoms with van der Waals surface area (Å²) in [5.41, 5.74) is 1.42. The lowest BCUT2D eigenvalue weighted by molar-refractivity contribution is -0.387. The van der Waals surface area contributed by atoms with Gasteiger partial charge in [-0.2, -0.15) is 8.42 Å². The summed E-state index contributed by atoms with van der Waals surface area (Å²) in [6.07, 6.45) is 0. The molecule has 0 aromatic heterocycles. The van der Waals surface area contributed by atoms with Crippen molar-refractivity contribution in [1.29, 1.82) is 0 Å². The summed E-state index contributed by atoms with van der Waals surface area (Å²) in [5.74, 6) is -1.47. The third-order valence-corrected chi connectivity index (χ3v) is 4.25. The summed E-state index contributed by atoms with van der Waals surface area (Å²) in [7, 11) is -2.82. The lowest BCUT2D eigenvalue weighted by Crippen LogP contribution is -2.35. The summed E-state index contributed by atoms with van der Waals surface area (Å²) < 4.78 is 48.4. The van der Waals surface area contributed by atoms with Gasteiger partial charge in [0, 0.05) is 19.3 Å². The Hall–Kier alpha value is -1.77. The molecule has 130 valence electrons. The Morgan fingerprint density at radius 1 is 1.00 bits per heavy atom. The van der Waals surface area contributed by atoms with E-state index in [1.54, 1.807) is 6.92 Å². The number of ether oxygens (including phenoxy) is 3. The van der Waals surface area contributed by atoms with Gasteiger partial charge in [0.25, 0.3) is 10.1 Å². The van der Waals surface area contributed by atoms with E-state index in [0.717, 1.165) is 5.56 Å². The molecule has 1 N–H and O–H groups in total. The molecule has 1 atom stereocenters. The van der Waals surface area contributed by atoms with Gasteiger partial charge in [-0.3, -0.25) is 4.55 Å². The Morgan fingerprint density at radius 3 is 2.12 bits per heavy atom. The Labute approximate surface area is 141 Å². The van der Waals surface area contributed by atoms with Gasteiger partial charge in [0.2, 0.25) is 0 Å².